The number of imidazole rings is 1. The van der Waals surface area contributed by atoms with Crippen molar-refractivity contribution in [2.45, 2.75) is 39.8 Å². The summed E-state index contributed by atoms with van der Waals surface area (Å²) in [5, 5.41) is 4.88. The monoisotopic (exact) mass is 476 g/mol. The molecule has 0 aliphatic carbocycles. The molecule has 0 spiro atoms. The van der Waals surface area contributed by atoms with E-state index in [0.717, 1.165) is 29.0 Å². The van der Waals surface area contributed by atoms with Gasteiger partial charge in [-0.15, -0.1) is 11.3 Å². The number of pyridine rings is 1. The summed E-state index contributed by atoms with van der Waals surface area (Å²) in [6, 6.07) is 12.0. The smallest absolute Gasteiger partial charge is 0.330 e. The lowest BCUT2D eigenvalue weighted by Crippen LogP contribution is -2.47. The highest BCUT2D eigenvalue weighted by Crippen LogP contribution is 2.33. The molecule has 1 aromatic carbocycles. The largest absolute Gasteiger partial charge is 0.346 e. The summed E-state index contributed by atoms with van der Waals surface area (Å²) in [6.07, 6.45) is 0.727. The summed E-state index contributed by atoms with van der Waals surface area (Å²) >= 11 is 1.40. The van der Waals surface area contributed by atoms with Crippen LogP contribution < -0.4 is 15.9 Å². The Morgan fingerprint density at radius 2 is 2.00 bits per heavy atom. The first kappa shape index (κ1) is 22.3. The maximum Gasteiger partial charge on any atom is 0.330 e. The number of benzene rings is 1. The van der Waals surface area contributed by atoms with Crippen molar-refractivity contribution in [3.05, 3.63) is 69.0 Å². The van der Waals surface area contributed by atoms with Crippen LogP contribution in [0.15, 0.2) is 52.1 Å². The second-order valence-corrected chi connectivity index (χ2v) is 10.7. The molecule has 0 fully saturated rings. The van der Waals surface area contributed by atoms with Gasteiger partial charge >= 0.3 is 5.69 Å². The average Bonchev–Trinajstić information content (AvgIpc) is 3.42. The predicted molar refractivity (Wildman–Crippen MR) is 135 cm³/mol. The van der Waals surface area contributed by atoms with Crippen molar-refractivity contribution in [2.75, 3.05) is 11.4 Å². The second-order valence-electron chi connectivity index (χ2n) is 9.99. The Labute approximate surface area is 201 Å². The number of para-hydroxylation sites is 1. The first-order valence-corrected chi connectivity index (χ1v) is 12.3. The van der Waals surface area contributed by atoms with E-state index in [0.29, 0.717) is 24.4 Å². The number of thiazole rings is 1. The molecular weight excluding hydrogens is 448 g/mol. The normalized spacial score (nSPS) is 16.0. The van der Waals surface area contributed by atoms with Gasteiger partial charge in [-0.1, -0.05) is 39.0 Å². The molecule has 1 N–H and O–H groups in total. The average molecular weight is 477 g/mol. The highest BCUT2D eigenvalue weighted by molar-refractivity contribution is 7.07. The lowest BCUT2D eigenvalue weighted by atomic mass is 9.97. The molecule has 176 valence electrons. The Kier molecular flexibility index (Phi) is 5.51. The van der Waals surface area contributed by atoms with E-state index in [9.17, 15) is 9.59 Å². The molecule has 8 nitrogen and oxygen atoms in total. The van der Waals surface area contributed by atoms with Crippen LogP contribution in [0.25, 0.3) is 11.2 Å². The fourth-order valence-corrected chi connectivity index (χ4v) is 5.07. The molecular formula is C25H28N6O2S. The molecule has 1 aliphatic heterocycles. The van der Waals surface area contributed by atoms with Gasteiger partial charge in [-0.25, -0.2) is 14.8 Å². The minimum absolute atomic E-state index is 0.0364. The van der Waals surface area contributed by atoms with Crippen molar-refractivity contribution in [3.63, 3.8) is 0 Å². The Morgan fingerprint density at radius 3 is 2.74 bits per heavy atom. The molecule has 34 heavy (non-hydrogen) atoms. The minimum Gasteiger partial charge on any atom is -0.346 e. The van der Waals surface area contributed by atoms with Crippen molar-refractivity contribution in [3.8, 4) is 0 Å². The summed E-state index contributed by atoms with van der Waals surface area (Å²) in [6.45, 7) is 7.53. The lowest BCUT2D eigenvalue weighted by Gasteiger charge is -2.35. The number of aryl methyl sites for hydroxylation is 1. The highest BCUT2D eigenvalue weighted by atomic mass is 32.1. The Bertz CT molecular complexity index is 1410. The van der Waals surface area contributed by atoms with Crippen molar-refractivity contribution in [2.24, 2.45) is 12.5 Å². The van der Waals surface area contributed by atoms with Gasteiger partial charge in [-0.05, 0) is 35.6 Å². The summed E-state index contributed by atoms with van der Waals surface area (Å²) in [5.41, 5.74) is 5.67. The molecule has 9 heteroatoms. The van der Waals surface area contributed by atoms with Crippen molar-refractivity contribution >= 4 is 39.9 Å². The fraction of sp³-hybridized carbons (Fsp3) is 0.360. The van der Waals surface area contributed by atoms with Crippen LogP contribution in [0.3, 0.4) is 0 Å². The summed E-state index contributed by atoms with van der Waals surface area (Å²) in [5.74, 6) is 0.576. The summed E-state index contributed by atoms with van der Waals surface area (Å²) in [7, 11) is 1.77. The standard InChI is InChI=1S/C25H28N6O2S/c1-25(2,3)14-31-20-9-10-21(28-22(20)29(4)24(31)33)30-12-17(11-16-7-5-6-8-19(16)30)27-23(32)18-13-34-15-26-18/h5-10,13,15,17H,11-12,14H2,1-4H3,(H,27,32). The van der Waals surface area contributed by atoms with E-state index in [1.807, 2.05) is 24.3 Å². The molecule has 4 aromatic rings. The third kappa shape index (κ3) is 4.11. The number of fused-ring (bicyclic) bond motifs is 2. The second kappa shape index (κ2) is 8.39. The first-order valence-electron chi connectivity index (χ1n) is 11.3. The van der Waals surface area contributed by atoms with Crippen LogP contribution in [0.4, 0.5) is 11.5 Å². The summed E-state index contributed by atoms with van der Waals surface area (Å²) in [4.78, 5) is 36.8. The first-order chi connectivity index (χ1) is 16.2. The van der Waals surface area contributed by atoms with Gasteiger partial charge in [0, 0.05) is 31.2 Å². The fourth-order valence-electron chi connectivity index (χ4n) is 4.53. The van der Waals surface area contributed by atoms with Crippen LogP contribution in [-0.2, 0) is 20.0 Å². The molecule has 1 amide bonds. The lowest BCUT2D eigenvalue weighted by molar-refractivity contribution is 0.0933. The van der Waals surface area contributed by atoms with Gasteiger partial charge in [0.05, 0.1) is 17.1 Å². The third-order valence-corrected chi connectivity index (χ3v) is 6.61. The van der Waals surface area contributed by atoms with E-state index in [2.05, 4.69) is 48.1 Å². The van der Waals surface area contributed by atoms with Gasteiger partial charge in [0.2, 0.25) is 0 Å². The Hall–Kier alpha value is -3.46. The van der Waals surface area contributed by atoms with Crippen LogP contribution in [0.1, 0.15) is 36.8 Å². The van der Waals surface area contributed by atoms with Crippen molar-refractivity contribution in [1.29, 1.82) is 0 Å². The number of carbonyl (C=O) groups is 1. The predicted octanol–water partition coefficient (Wildman–Crippen LogP) is 3.73. The number of nitrogens with one attached hydrogen (secondary N) is 1. The Morgan fingerprint density at radius 1 is 1.21 bits per heavy atom. The maximum atomic E-state index is 13.0. The van der Waals surface area contributed by atoms with Crippen LogP contribution in [0.2, 0.25) is 0 Å². The van der Waals surface area contributed by atoms with E-state index in [1.165, 1.54) is 11.3 Å². The summed E-state index contributed by atoms with van der Waals surface area (Å²) < 4.78 is 3.41. The van der Waals surface area contributed by atoms with Crippen molar-refractivity contribution < 1.29 is 4.79 Å². The zero-order chi connectivity index (χ0) is 24.0. The zero-order valence-corrected chi connectivity index (χ0v) is 20.6. The maximum absolute atomic E-state index is 13.0. The number of nitrogens with zero attached hydrogens (tertiary/aromatic N) is 5. The topological polar surface area (TPSA) is 85.0 Å². The molecule has 1 unspecified atom stereocenters. The number of anilines is 2. The number of amides is 1. The van der Waals surface area contributed by atoms with Gasteiger partial charge in [0.15, 0.2) is 5.65 Å². The van der Waals surface area contributed by atoms with Crippen LogP contribution >= 0.6 is 11.3 Å². The molecule has 4 heterocycles. The number of aromatic nitrogens is 4. The van der Waals surface area contributed by atoms with E-state index in [1.54, 1.807) is 27.1 Å². The van der Waals surface area contributed by atoms with Gasteiger partial charge in [-0.3, -0.25) is 13.9 Å². The molecule has 1 atom stereocenters. The molecule has 0 saturated carbocycles. The molecule has 5 rings (SSSR count). The third-order valence-electron chi connectivity index (χ3n) is 6.03. The molecule has 0 bridgehead atoms. The number of carbonyl (C=O) groups excluding carboxylic acids is 1. The molecule has 0 radical (unpaired) electrons. The van der Waals surface area contributed by atoms with E-state index < -0.39 is 0 Å². The van der Waals surface area contributed by atoms with Crippen LogP contribution in [0, 0.1) is 5.41 Å². The van der Waals surface area contributed by atoms with Gasteiger partial charge in [0.1, 0.15) is 11.5 Å². The van der Waals surface area contributed by atoms with Crippen LogP contribution in [-0.4, -0.2) is 37.6 Å². The van der Waals surface area contributed by atoms with Crippen LogP contribution in [0.5, 0.6) is 0 Å². The number of rotatable bonds is 4. The van der Waals surface area contributed by atoms with E-state index >= 15 is 0 Å². The number of hydrogen-bond donors (Lipinski definition) is 1. The van der Waals surface area contributed by atoms with E-state index in [4.69, 9.17) is 4.98 Å². The Balaban J connectivity index is 1.52. The zero-order valence-electron chi connectivity index (χ0n) is 19.8. The van der Waals surface area contributed by atoms with Gasteiger partial charge in [0.25, 0.3) is 5.91 Å². The quantitative estimate of drug-likeness (QED) is 0.485. The molecule has 1 aliphatic rings. The van der Waals surface area contributed by atoms with E-state index in [-0.39, 0.29) is 23.1 Å². The van der Waals surface area contributed by atoms with Crippen molar-refractivity contribution in [1.82, 2.24) is 24.4 Å². The molecule has 3 aromatic heterocycles. The SMILES string of the molecule is Cn1c(=O)n(CC(C)(C)C)c2ccc(N3CC(NC(=O)c4cscn4)Cc4ccccc43)nc21. The molecule has 0 saturated heterocycles. The highest BCUT2D eigenvalue weighted by Gasteiger charge is 2.28. The van der Waals surface area contributed by atoms with Gasteiger partial charge < -0.3 is 10.2 Å². The number of hydrogen-bond acceptors (Lipinski definition) is 6. The minimum atomic E-state index is -0.171. The van der Waals surface area contributed by atoms with Gasteiger partial charge in [-0.2, -0.15) is 0 Å².